The maximum absolute atomic E-state index is 12.6. The monoisotopic (exact) mass is 337 g/mol. The van der Waals surface area contributed by atoms with Crippen LogP contribution < -0.4 is 10.6 Å². The lowest BCUT2D eigenvalue weighted by Gasteiger charge is -2.17. The number of aromatic nitrogens is 1. The number of benzene rings is 1. The molecule has 0 atom stereocenters. The highest BCUT2D eigenvalue weighted by Crippen LogP contribution is 2.24. The van der Waals surface area contributed by atoms with Gasteiger partial charge in [0.2, 0.25) is 0 Å². The molecule has 0 bridgehead atoms. The Hall–Kier alpha value is -2.36. The predicted octanol–water partition coefficient (Wildman–Crippen LogP) is 4.89. The number of nitrogens with one attached hydrogen (secondary N) is 2. The van der Waals surface area contributed by atoms with Crippen molar-refractivity contribution in [3.8, 4) is 0 Å². The molecule has 1 aromatic carbocycles. The fraction of sp³-hybridized carbons (Fsp3) is 0.429. The van der Waals surface area contributed by atoms with Crippen molar-refractivity contribution in [2.24, 2.45) is 0 Å². The molecule has 0 spiro atoms. The second kappa shape index (κ2) is 8.15. The molecule has 0 saturated heterocycles. The van der Waals surface area contributed by atoms with Crippen molar-refractivity contribution in [3.63, 3.8) is 0 Å². The quantitative estimate of drug-likeness (QED) is 0.781. The summed E-state index contributed by atoms with van der Waals surface area (Å²) in [5.41, 5.74) is 4.87. The zero-order valence-electron chi connectivity index (χ0n) is 15.1. The third-order valence-electron chi connectivity index (χ3n) is 4.94. The molecular weight excluding hydrogens is 310 g/mol. The van der Waals surface area contributed by atoms with E-state index in [1.54, 1.807) is 12.4 Å². The Balaban J connectivity index is 1.71. The lowest BCUT2D eigenvalue weighted by molar-refractivity contribution is 0.0933. The summed E-state index contributed by atoms with van der Waals surface area (Å²) < 4.78 is 0. The van der Waals surface area contributed by atoms with Gasteiger partial charge in [0.25, 0.3) is 5.91 Å². The lowest BCUT2D eigenvalue weighted by atomic mass is 10.1. The Morgan fingerprint density at radius 3 is 2.40 bits per heavy atom. The topological polar surface area (TPSA) is 54.0 Å². The standard InChI is InChI=1S/C21H27N3O/c1-15-8-7-9-16(2)20(15)23-19-12-17(13-22-14-19)21(25)24-18-10-5-3-4-6-11-18/h7-9,12-14,18,23H,3-6,10-11H2,1-2H3,(H,24,25). The molecule has 0 unspecified atom stereocenters. The van der Waals surface area contributed by atoms with Crippen LogP contribution in [-0.2, 0) is 0 Å². The first kappa shape index (κ1) is 17.5. The zero-order valence-corrected chi connectivity index (χ0v) is 15.1. The summed E-state index contributed by atoms with van der Waals surface area (Å²) in [5.74, 6) is -0.0236. The summed E-state index contributed by atoms with van der Waals surface area (Å²) in [4.78, 5) is 16.8. The number of rotatable bonds is 4. The molecule has 1 aliphatic rings. The van der Waals surface area contributed by atoms with Crippen LogP contribution in [0, 0.1) is 13.8 Å². The van der Waals surface area contributed by atoms with E-state index in [4.69, 9.17) is 0 Å². The minimum absolute atomic E-state index is 0.0236. The third kappa shape index (κ3) is 4.59. The van der Waals surface area contributed by atoms with Crippen molar-refractivity contribution in [2.45, 2.75) is 58.4 Å². The van der Waals surface area contributed by atoms with Crippen LogP contribution in [0.15, 0.2) is 36.7 Å². The van der Waals surface area contributed by atoms with Crippen LogP contribution in [0.5, 0.6) is 0 Å². The third-order valence-corrected chi connectivity index (χ3v) is 4.94. The molecule has 2 N–H and O–H groups in total. The van der Waals surface area contributed by atoms with Gasteiger partial charge in [-0.15, -0.1) is 0 Å². The Bertz CT molecular complexity index is 713. The maximum atomic E-state index is 12.6. The van der Waals surface area contributed by atoms with Crippen LogP contribution >= 0.6 is 0 Å². The second-order valence-electron chi connectivity index (χ2n) is 7.02. The molecule has 132 valence electrons. The highest BCUT2D eigenvalue weighted by atomic mass is 16.1. The molecule has 2 aromatic rings. The molecule has 0 radical (unpaired) electrons. The van der Waals surface area contributed by atoms with Crippen LogP contribution in [0.2, 0.25) is 0 Å². The fourth-order valence-electron chi connectivity index (χ4n) is 3.48. The van der Waals surface area contributed by atoms with Gasteiger partial charge in [0.05, 0.1) is 17.4 Å². The second-order valence-corrected chi connectivity index (χ2v) is 7.02. The Morgan fingerprint density at radius 2 is 1.72 bits per heavy atom. The van der Waals surface area contributed by atoms with E-state index in [1.165, 1.54) is 36.8 Å². The van der Waals surface area contributed by atoms with E-state index >= 15 is 0 Å². The number of hydrogen-bond acceptors (Lipinski definition) is 3. The van der Waals surface area contributed by atoms with Gasteiger partial charge in [0.1, 0.15) is 0 Å². The minimum Gasteiger partial charge on any atom is -0.354 e. The Morgan fingerprint density at radius 1 is 1.04 bits per heavy atom. The first-order valence-corrected chi connectivity index (χ1v) is 9.22. The zero-order chi connectivity index (χ0) is 17.6. The van der Waals surface area contributed by atoms with Crippen LogP contribution in [-0.4, -0.2) is 16.9 Å². The van der Waals surface area contributed by atoms with Crippen LogP contribution in [0.25, 0.3) is 0 Å². The summed E-state index contributed by atoms with van der Waals surface area (Å²) in [6, 6.07) is 8.37. The summed E-state index contributed by atoms with van der Waals surface area (Å²) >= 11 is 0. The van der Waals surface area contributed by atoms with Crippen molar-refractivity contribution in [1.82, 2.24) is 10.3 Å². The normalized spacial score (nSPS) is 15.4. The average molecular weight is 337 g/mol. The highest BCUT2D eigenvalue weighted by Gasteiger charge is 2.16. The van der Waals surface area contributed by atoms with Crippen molar-refractivity contribution < 1.29 is 4.79 Å². The van der Waals surface area contributed by atoms with Gasteiger partial charge in [0, 0.05) is 17.9 Å². The molecule has 1 fully saturated rings. The summed E-state index contributed by atoms with van der Waals surface area (Å²) in [6.45, 7) is 4.15. The molecule has 1 aliphatic carbocycles. The molecule has 1 saturated carbocycles. The van der Waals surface area contributed by atoms with E-state index in [1.807, 2.05) is 12.1 Å². The van der Waals surface area contributed by atoms with Gasteiger partial charge in [-0.2, -0.15) is 0 Å². The maximum Gasteiger partial charge on any atom is 0.253 e. The van der Waals surface area contributed by atoms with Crippen LogP contribution in [0.3, 0.4) is 0 Å². The Labute approximate surface area is 150 Å². The largest absolute Gasteiger partial charge is 0.354 e. The smallest absolute Gasteiger partial charge is 0.253 e. The van der Waals surface area contributed by atoms with E-state index in [2.05, 4.69) is 41.6 Å². The molecule has 0 aliphatic heterocycles. The first-order valence-electron chi connectivity index (χ1n) is 9.22. The number of hydrogen-bond donors (Lipinski definition) is 2. The number of amides is 1. The van der Waals surface area contributed by atoms with Crippen LogP contribution in [0.1, 0.15) is 60.0 Å². The predicted molar refractivity (Wildman–Crippen MR) is 102 cm³/mol. The van der Waals surface area contributed by atoms with E-state index in [9.17, 15) is 4.79 Å². The van der Waals surface area contributed by atoms with Crippen LogP contribution in [0.4, 0.5) is 11.4 Å². The number of para-hydroxylation sites is 1. The van der Waals surface area contributed by atoms with E-state index in [0.717, 1.165) is 24.2 Å². The van der Waals surface area contributed by atoms with E-state index in [0.29, 0.717) is 11.6 Å². The van der Waals surface area contributed by atoms with Gasteiger partial charge >= 0.3 is 0 Å². The SMILES string of the molecule is Cc1cccc(C)c1Nc1cncc(C(=O)NC2CCCCCC2)c1. The van der Waals surface area contributed by atoms with Gasteiger partial charge in [-0.25, -0.2) is 0 Å². The molecule has 3 rings (SSSR count). The number of nitrogens with zero attached hydrogens (tertiary/aromatic N) is 1. The minimum atomic E-state index is -0.0236. The summed E-state index contributed by atoms with van der Waals surface area (Å²) in [7, 11) is 0. The van der Waals surface area contributed by atoms with E-state index < -0.39 is 0 Å². The number of anilines is 2. The van der Waals surface area contributed by atoms with Gasteiger partial charge in [0.15, 0.2) is 0 Å². The number of pyridine rings is 1. The molecule has 1 amide bonds. The molecular formula is C21H27N3O. The van der Waals surface area contributed by atoms with Gasteiger partial charge < -0.3 is 10.6 Å². The lowest BCUT2D eigenvalue weighted by Crippen LogP contribution is -2.34. The molecule has 25 heavy (non-hydrogen) atoms. The number of carbonyl (C=O) groups is 1. The summed E-state index contributed by atoms with van der Waals surface area (Å²) in [6.07, 6.45) is 10.5. The Kier molecular flexibility index (Phi) is 5.69. The van der Waals surface area contributed by atoms with Crippen molar-refractivity contribution in [3.05, 3.63) is 53.3 Å². The fourth-order valence-corrected chi connectivity index (χ4v) is 3.48. The first-order chi connectivity index (χ1) is 12.1. The summed E-state index contributed by atoms with van der Waals surface area (Å²) in [5, 5.41) is 6.59. The molecule has 4 nitrogen and oxygen atoms in total. The van der Waals surface area contributed by atoms with Gasteiger partial charge in [-0.3, -0.25) is 9.78 Å². The molecule has 4 heteroatoms. The van der Waals surface area contributed by atoms with Gasteiger partial charge in [-0.1, -0.05) is 43.9 Å². The van der Waals surface area contributed by atoms with Gasteiger partial charge in [-0.05, 0) is 43.9 Å². The molecule has 1 aromatic heterocycles. The number of aryl methyl sites for hydroxylation is 2. The number of carbonyl (C=O) groups excluding carboxylic acids is 1. The van der Waals surface area contributed by atoms with Crippen molar-refractivity contribution in [1.29, 1.82) is 0 Å². The van der Waals surface area contributed by atoms with Crippen molar-refractivity contribution in [2.75, 3.05) is 5.32 Å². The average Bonchev–Trinajstić information content (AvgIpc) is 2.87. The van der Waals surface area contributed by atoms with Crippen molar-refractivity contribution >= 4 is 17.3 Å². The highest BCUT2D eigenvalue weighted by molar-refractivity contribution is 5.95. The molecule has 1 heterocycles. The van der Waals surface area contributed by atoms with E-state index in [-0.39, 0.29) is 5.91 Å².